The molecule has 0 heterocycles. The Morgan fingerprint density at radius 3 is 2.55 bits per heavy atom. The fourth-order valence-corrected chi connectivity index (χ4v) is 2.16. The fraction of sp³-hybridized carbons (Fsp3) is 0.200. The second-order valence-electron chi connectivity index (χ2n) is 4.38. The van der Waals surface area contributed by atoms with Crippen molar-refractivity contribution in [3.05, 3.63) is 63.7 Å². The average molecular weight is 299 g/mol. The van der Waals surface area contributed by atoms with Crippen LogP contribution in [0.15, 0.2) is 30.3 Å². The molecule has 106 valence electrons. The first kappa shape index (κ1) is 14.8. The first-order valence-electron chi connectivity index (χ1n) is 5.91. The lowest BCUT2D eigenvalue weighted by Crippen LogP contribution is -2.08. The van der Waals surface area contributed by atoms with Crippen LogP contribution in [0.1, 0.15) is 22.8 Å². The highest BCUT2D eigenvalue weighted by Crippen LogP contribution is 2.34. The van der Waals surface area contributed by atoms with Crippen molar-refractivity contribution in [3.63, 3.8) is 0 Å². The third-order valence-electron chi connectivity index (χ3n) is 3.08. The summed E-state index contributed by atoms with van der Waals surface area (Å²) in [5.41, 5.74) is 0.110. The van der Waals surface area contributed by atoms with Gasteiger partial charge in [0.15, 0.2) is 0 Å². The molecule has 0 aromatic heterocycles. The summed E-state index contributed by atoms with van der Waals surface area (Å²) in [6, 6.07) is 6.92. The summed E-state index contributed by atoms with van der Waals surface area (Å²) in [4.78, 5) is 0. The van der Waals surface area contributed by atoms with E-state index in [-0.39, 0.29) is 16.9 Å². The second-order valence-corrected chi connectivity index (χ2v) is 4.82. The van der Waals surface area contributed by atoms with Crippen molar-refractivity contribution in [2.24, 2.45) is 0 Å². The van der Waals surface area contributed by atoms with Gasteiger partial charge in [-0.25, -0.2) is 8.78 Å². The standard InChI is InChI=1S/C15H13ClF2O2/c1-8-3-6-11(17)13(14(8)18)15(19)10-5-4-9(16)7-12(10)20-2/h3-7,15,19H,1-2H3. The zero-order chi connectivity index (χ0) is 14.9. The maximum atomic E-state index is 14.0. The van der Waals surface area contributed by atoms with Gasteiger partial charge in [0.05, 0.1) is 12.7 Å². The molecule has 2 aromatic carbocycles. The van der Waals surface area contributed by atoms with Gasteiger partial charge in [0.25, 0.3) is 0 Å². The summed E-state index contributed by atoms with van der Waals surface area (Å²) in [7, 11) is 1.39. The molecule has 0 saturated heterocycles. The van der Waals surface area contributed by atoms with Gasteiger partial charge in [-0.2, -0.15) is 0 Å². The summed E-state index contributed by atoms with van der Waals surface area (Å²) in [5.74, 6) is -1.31. The molecule has 1 atom stereocenters. The minimum Gasteiger partial charge on any atom is -0.496 e. The van der Waals surface area contributed by atoms with Gasteiger partial charge in [-0.05, 0) is 30.7 Å². The Labute approximate surface area is 120 Å². The van der Waals surface area contributed by atoms with Crippen molar-refractivity contribution in [2.75, 3.05) is 7.11 Å². The van der Waals surface area contributed by atoms with Crippen LogP contribution in [0.3, 0.4) is 0 Å². The Morgan fingerprint density at radius 2 is 1.90 bits per heavy atom. The van der Waals surface area contributed by atoms with Crippen LogP contribution in [0.2, 0.25) is 5.02 Å². The zero-order valence-corrected chi connectivity index (χ0v) is 11.7. The van der Waals surface area contributed by atoms with Crippen molar-refractivity contribution in [3.8, 4) is 5.75 Å². The van der Waals surface area contributed by atoms with Crippen LogP contribution < -0.4 is 4.74 Å². The molecule has 0 aliphatic heterocycles. The Kier molecular flexibility index (Phi) is 4.26. The molecule has 0 amide bonds. The Hall–Kier alpha value is -1.65. The first-order valence-corrected chi connectivity index (χ1v) is 6.29. The van der Waals surface area contributed by atoms with E-state index in [2.05, 4.69) is 0 Å². The highest BCUT2D eigenvalue weighted by Gasteiger charge is 2.23. The normalized spacial score (nSPS) is 12.3. The Balaban J connectivity index is 2.57. The molecule has 0 saturated carbocycles. The molecule has 2 nitrogen and oxygen atoms in total. The van der Waals surface area contributed by atoms with E-state index in [0.29, 0.717) is 5.02 Å². The number of benzene rings is 2. The highest BCUT2D eigenvalue weighted by molar-refractivity contribution is 6.30. The van der Waals surface area contributed by atoms with Crippen molar-refractivity contribution in [1.29, 1.82) is 0 Å². The predicted molar refractivity (Wildman–Crippen MR) is 73.2 cm³/mol. The van der Waals surface area contributed by atoms with Gasteiger partial charge in [-0.15, -0.1) is 0 Å². The molecule has 1 N–H and O–H groups in total. The minimum absolute atomic E-state index is 0.250. The summed E-state index contributed by atoms with van der Waals surface area (Å²) < 4.78 is 33.0. The molecule has 0 spiro atoms. The molecule has 0 aliphatic carbocycles. The number of halogens is 3. The number of rotatable bonds is 3. The van der Waals surface area contributed by atoms with Crippen molar-refractivity contribution in [2.45, 2.75) is 13.0 Å². The van der Waals surface area contributed by atoms with Crippen molar-refractivity contribution >= 4 is 11.6 Å². The van der Waals surface area contributed by atoms with Crippen LogP contribution in [0.4, 0.5) is 8.78 Å². The monoisotopic (exact) mass is 298 g/mol. The third kappa shape index (κ3) is 2.62. The van der Waals surface area contributed by atoms with Crippen LogP contribution in [-0.2, 0) is 0 Å². The number of ether oxygens (including phenoxy) is 1. The van der Waals surface area contributed by atoms with Crippen LogP contribution in [0.5, 0.6) is 5.75 Å². The van der Waals surface area contributed by atoms with Gasteiger partial charge < -0.3 is 9.84 Å². The van der Waals surface area contributed by atoms with Gasteiger partial charge in [0.1, 0.15) is 23.5 Å². The summed E-state index contributed by atoms with van der Waals surface area (Å²) in [6.07, 6.45) is -1.47. The van der Waals surface area contributed by atoms with Gasteiger partial charge in [-0.3, -0.25) is 0 Å². The summed E-state index contributed by atoms with van der Waals surface area (Å²) in [6.45, 7) is 1.50. The van der Waals surface area contributed by atoms with Crippen LogP contribution in [0, 0.1) is 18.6 Å². The lowest BCUT2D eigenvalue weighted by molar-refractivity contribution is 0.203. The quantitative estimate of drug-likeness (QED) is 0.927. The van der Waals surface area contributed by atoms with Crippen LogP contribution in [-0.4, -0.2) is 12.2 Å². The molecule has 0 radical (unpaired) electrons. The van der Waals surface area contributed by atoms with E-state index < -0.39 is 23.3 Å². The van der Waals surface area contributed by atoms with E-state index >= 15 is 0 Å². The lowest BCUT2D eigenvalue weighted by Gasteiger charge is -2.17. The maximum absolute atomic E-state index is 14.0. The maximum Gasteiger partial charge on any atom is 0.135 e. The van der Waals surface area contributed by atoms with Crippen molar-refractivity contribution in [1.82, 2.24) is 0 Å². The topological polar surface area (TPSA) is 29.5 Å². The smallest absolute Gasteiger partial charge is 0.135 e. The molecule has 5 heteroatoms. The number of methoxy groups -OCH3 is 1. The van der Waals surface area contributed by atoms with Gasteiger partial charge in [0, 0.05) is 10.6 Å². The van der Waals surface area contributed by atoms with Crippen LogP contribution >= 0.6 is 11.6 Å². The summed E-state index contributed by atoms with van der Waals surface area (Å²) in [5, 5.41) is 10.7. The van der Waals surface area contributed by atoms with Gasteiger partial charge in [-0.1, -0.05) is 23.7 Å². The number of hydrogen-bond acceptors (Lipinski definition) is 2. The molecular weight excluding hydrogens is 286 g/mol. The van der Waals surface area contributed by atoms with E-state index in [1.165, 1.54) is 38.3 Å². The van der Waals surface area contributed by atoms with E-state index in [1.54, 1.807) is 0 Å². The largest absolute Gasteiger partial charge is 0.496 e. The predicted octanol–water partition coefficient (Wildman–Crippen LogP) is 4.02. The molecule has 2 rings (SSSR count). The van der Waals surface area contributed by atoms with Crippen molar-refractivity contribution < 1.29 is 18.6 Å². The Morgan fingerprint density at radius 1 is 1.20 bits per heavy atom. The molecule has 1 unspecified atom stereocenters. The molecule has 0 fully saturated rings. The molecule has 0 bridgehead atoms. The lowest BCUT2D eigenvalue weighted by atomic mass is 9.98. The number of aryl methyl sites for hydroxylation is 1. The third-order valence-corrected chi connectivity index (χ3v) is 3.32. The average Bonchev–Trinajstić information content (AvgIpc) is 2.43. The number of aliphatic hydroxyl groups is 1. The zero-order valence-electron chi connectivity index (χ0n) is 11.0. The van der Waals surface area contributed by atoms with E-state index in [9.17, 15) is 13.9 Å². The second kappa shape index (κ2) is 5.77. The number of hydrogen-bond donors (Lipinski definition) is 1. The number of aliphatic hydroxyl groups excluding tert-OH is 1. The highest BCUT2D eigenvalue weighted by atomic mass is 35.5. The molecular formula is C15H13ClF2O2. The van der Waals surface area contributed by atoms with Crippen LogP contribution in [0.25, 0.3) is 0 Å². The molecule has 20 heavy (non-hydrogen) atoms. The summed E-state index contributed by atoms with van der Waals surface area (Å²) >= 11 is 5.82. The van der Waals surface area contributed by atoms with E-state index in [4.69, 9.17) is 16.3 Å². The Bertz CT molecular complexity index is 644. The van der Waals surface area contributed by atoms with Gasteiger partial charge in [0.2, 0.25) is 0 Å². The first-order chi connectivity index (χ1) is 9.45. The van der Waals surface area contributed by atoms with E-state index in [0.717, 1.165) is 6.07 Å². The molecule has 0 aliphatic rings. The SMILES string of the molecule is COc1cc(Cl)ccc1C(O)c1c(F)ccc(C)c1F. The van der Waals surface area contributed by atoms with Gasteiger partial charge >= 0.3 is 0 Å². The minimum atomic E-state index is -1.47. The van der Waals surface area contributed by atoms with E-state index in [1.807, 2.05) is 0 Å². The molecule has 2 aromatic rings. The fourth-order valence-electron chi connectivity index (χ4n) is 2.00.